The highest BCUT2D eigenvalue weighted by atomic mass is 32.1. The van der Waals surface area contributed by atoms with Crippen LogP contribution in [0.5, 0.6) is 0 Å². The van der Waals surface area contributed by atoms with Gasteiger partial charge in [0.05, 0.1) is 22.8 Å². The first-order valence-electron chi connectivity index (χ1n) is 9.90. The first-order valence-corrected chi connectivity index (χ1v) is 10.7. The van der Waals surface area contributed by atoms with Crippen molar-refractivity contribution in [3.05, 3.63) is 62.4 Å². The number of benzene rings is 2. The van der Waals surface area contributed by atoms with Crippen LogP contribution in [0, 0.1) is 0 Å². The minimum atomic E-state index is -0.436. The van der Waals surface area contributed by atoms with E-state index < -0.39 is 12.0 Å². The van der Waals surface area contributed by atoms with Gasteiger partial charge in [-0.2, -0.15) is 0 Å². The molecule has 0 spiro atoms. The third-order valence-corrected chi connectivity index (χ3v) is 6.47. The molecular weight excluding hydrogens is 402 g/mol. The fourth-order valence-electron chi connectivity index (χ4n) is 4.29. The van der Waals surface area contributed by atoms with Gasteiger partial charge in [-0.1, -0.05) is 17.6 Å². The Morgan fingerprint density at radius 1 is 1.07 bits per heavy atom. The molecular formula is C22H23N3O4S. The number of anilines is 1. The van der Waals surface area contributed by atoms with E-state index in [1.54, 1.807) is 18.2 Å². The van der Waals surface area contributed by atoms with Crippen LogP contribution in [0.4, 0.5) is 10.5 Å². The van der Waals surface area contributed by atoms with Crippen LogP contribution in [0.2, 0.25) is 0 Å². The van der Waals surface area contributed by atoms with Gasteiger partial charge in [0, 0.05) is 5.69 Å². The second kappa shape index (κ2) is 8.31. The van der Waals surface area contributed by atoms with Crippen molar-refractivity contribution in [1.82, 2.24) is 4.37 Å². The first-order chi connectivity index (χ1) is 14.5. The molecule has 0 saturated carbocycles. The molecule has 1 heterocycles. The number of hydrogen-bond donors (Lipinski definition) is 3. The quantitative estimate of drug-likeness (QED) is 0.545. The first kappa shape index (κ1) is 20.2. The molecule has 0 fully saturated rings. The van der Waals surface area contributed by atoms with E-state index in [0.717, 1.165) is 36.1 Å². The zero-order valence-electron chi connectivity index (χ0n) is 16.7. The number of fused-ring (bicyclic) bond motifs is 3. The molecule has 0 aliphatic heterocycles. The van der Waals surface area contributed by atoms with Gasteiger partial charge in [0.2, 0.25) is 0 Å². The van der Waals surface area contributed by atoms with Crippen molar-refractivity contribution in [2.24, 2.45) is 5.73 Å². The number of aryl methyl sites for hydroxylation is 2. The summed E-state index contributed by atoms with van der Waals surface area (Å²) in [5.74, 6) is -0.396. The number of methoxy groups -OCH3 is 1. The van der Waals surface area contributed by atoms with E-state index in [4.69, 9.17) is 5.73 Å². The molecule has 0 bridgehead atoms. The van der Waals surface area contributed by atoms with Crippen molar-refractivity contribution in [2.75, 3.05) is 12.4 Å². The lowest BCUT2D eigenvalue weighted by Crippen LogP contribution is -2.21. The van der Waals surface area contributed by atoms with Gasteiger partial charge >= 0.3 is 12.0 Å². The predicted molar refractivity (Wildman–Crippen MR) is 117 cm³/mol. The molecule has 3 aromatic rings. The van der Waals surface area contributed by atoms with E-state index in [-0.39, 0.29) is 5.56 Å². The molecule has 0 saturated heterocycles. The van der Waals surface area contributed by atoms with Crippen molar-refractivity contribution >= 4 is 39.3 Å². The molecule has 0 unspecified atom stereocenters. The zero-order valence-corrected chi connectivity index (χ0v) is 17.5. The van der Waals surface area contributed by atoms with Crippen LogP contribution in [0.25, 0.3) is 10.1 Å². The standard InChI is InChI=1S/C13H16N2O.C9H7NO3S/c14-13(16)15-12-10-5-1-3-8(10)7-9-4-2-6-11(9)12;1-13-9(12)5-2-3-6-7(4-5)14-10-8(6)11/h7H,1-6H2,(H3,14,15,16);2-4H,1H3,(H,10,11). The molecule has 1 aromatic heterocycles. The van der Waals surface area contributed by atoms with Crippen molar-refractivity contribution in [3.63, 3.8) is 0 Å². The molecule has 2 aromatic carbocycles. The maximum atomic E-state index is 11.2. The number of H-pyrrole nitrogens is 1. The second-order valence-electron chi connectivity index (χ2n) is 7.46. The number of nitrogens with one attached hydrogen (secondary N) is 2. The predicted octanol–water partition coefficient (Wildman–Crippen LogP) is 3.53. The molecule has 2 aliphatic carbocycles. The highest BCUT2D eigenvalue weighted by molar-refractivity contribution is 7.13. The molecule has 2 amide bonds. The average molecular weight is 426 g/mol. The SMILES string of the molecule is COC(=O)c1ccc2c(=O)[nH]sc2c1.NC(=O)Nc1c2c(cc3c1CCC3)CCC2. The Bertz CT molecular complexity index is 1160. The molecule has 7 nitrogen and oxygen atoms in total. The smallest absolute Gasteiger partial charge is 0.337 e. The number of amides is 2. The highest BCUT2D eigenvalue weighted by Crippen LogP contribution is 2.38. The lowest BCUT2D eigenvalue weighted by Gasteiger charge is -2.14. The maximum absolute atomic E-state index is 11.2. The summed E-state index contributed by atoms with van der Waals surface area (Å²) in [5, 5.41) is 3.44. The van der Waals surface area contributed by atoms with Crippen LogP contribution in [0.1, 0.15) is 45.5 Å². The number of primary amides is 1. The molecule has 30 heavy (non-hydrogen) atoms. The topological polar surface area (TPSA) is 114 Å². The van der Waals surface area contributed by atoms with Crippen LogP contribution >= 0.6 is 11.5 Å². The number of esters is 1. The normalized spacial score (nSPS) is 13.9. The molecule has 0 radical (unpaired) electrons. The minimum absolute atomic E-state index is 0.124. The van der Waals surface area contributed by atoms with Crippen molar-refractivity contribution in [3.8, 4) is 0 Å². The monoisotopic (exact) mass is 425 g/mol. The summed E-state index contributed by atoms with van der Waals surface area (Å²) in [4.78, 5) is 33.4. The number of aromatic amines is 1. The summed E-state index contributed by atoms with van der Waals surface area (Å²) in [5.41, 5.74) is 12.1. The highest BCUT2D eigenvalue weighted by Gasteiger charge is 2.24. The number of carbonyl (C=O) groups excluding carboxylic acids is 2. The number of rotatable bonds is 2. The van der Waals surface area contributed by atoms with Gasteiger partial charge in [0.15, 0.2) is 0 Å². The van der Waals surface area contributed by atoms with Gasteiger partial charge in [0.1, 0.15) is 0 Å². The van der Waals surface area contributed by atoms with E-state index in [2.05, 4.69) is 20.5 Å². The second-order valence-corrected chi connectivity index (χ2v) is 8.31. The van der Waals surface area contributed by atoms with Crippen LogP contribution in [0.15, 0.2) is 29.1 Å². The molecule has 8 heteroatoms. The van der Waals surface area contributed by atoms with Crippen LogP contribution in [-0.4, -0.2) is 23.5 Å². The zero-order chi connectivity index (χ0) is 21.3. The summed E-state index contributed by atoms with van der Waals surface area (Å²) in [7, 11) is 1.33. The maximum Gasteiger partial charge on any atom is 0.337 e. The summed E-state index contributed by atoms with van der Waals surface area (Å²) in [6.45, 7) is 0. The van der Waals surface area contributed by atoms with Gasteiger partial charge in [-0.25, -0.2) is 9.59 Å². The number of aromatic nitrogens is 1. The van der Waals surface area contributed by atoms with E-state index in [1.807, 2.05) is 0 Å². The molecule has 156 valence electrons. The number of ether oxygens (including phenoxy) is 1. The van der Waals surface area contributed by atoms with Crippen molar-refractivity contribution < 1.29 is 14.3 Å². The molecule has 2 aliphatic rings. The Balaban J connectivity index is 0.000000147. The fourth-order valence-corrected chi connectivity index (χ4v) is 5.06. The number of urea groups is 1. The molecule has 5 rings (SSSR count). The number of carbonyl (C=O) groups is 2. The summed E-state index contributed by atoms with van der Waals surface area (Å²) < 4.78 is 7.93. The van der Waals surface area contributed by atoms with E-state index in [9.17, 15) is 14.4 Å². The molecule has 0 atom stereocenters. The van der Waals surface area contributed by atoms with Gasteiger partial charge in [0.25, 0.3) is 5.56 Å². The summed E-state index contributed by atoms with van der Waals surface area (Å²) in [6, 6.07) is 6.75. The van der Waals surface area contributed by atoms with Crippen LogP contribution in [0.3, 0.4) is 0 Å². The Hall–Kier alpha value is -3.13. The van der Waals surface area contributed by atoms with E-state index in [0.29, 0.717) is 10.9 Å². The number of hydrogen-bond acceptors (Lipinski definition) is 5. The Morgan fingerprint density at radius 2 is 1.73 bits per heavy atom. The fraction of sp³-hybridized carbons (Fsp3) is 0.318. The number of nitrogens with two attached hydrogens (primary N) is 1. The van der Waals surface area contributed by atoms with Crippen molar-refractivity contribution in [1.29, 1.82) is 0 Å². The average Bonchev–Trinajstić information content (AvgIpc) is 3.47. The lowest BCUT2D eigenvalue weighted by atomic mass is 9.99. The minimum Gasteiger partial charge on any atom is -0.465 e. The van der Waals surface area contributed by atoms with Crippen LogP contribution < -0.4 is 16.6 Å². The molecule has 4 N–H and O–H groups in total. The van der Waals surface area contributed by atoms with Crippen molar-refractivity contribution in [2.45, 2.75) is 38.5 Å². The van der Waals surface area contributed by atoms with E-state index >= 15 is 0 Å². The van der Waals surface area contributed by atoms with Gasteiger partial charge in [-0.3, -0.25) is 9.17 Å². The Kier molecular flexibility index (Phi) is 5.59. The summed E-state index contributed by atoms with van der Waals surface area (Å²) in [6.07, 6.45) is 6.86. The third-order valence-electron chi connectivity index (χ3n) is 5.62. The van der Waals surface area contributed by atoms with E-state index in [1.165, 1.54) is 53.7 Å². The van der Waals surface area contributed by atoms with Gasteiger partial charge in [-0.05, 0) is 79.0 Å². The largest absolute Gasteiger partial charge is 0.465 e. The lowest BCUT2D eigenvalue weighted by molar-refractivity contribution is 0.0601. The Morgan fingerprint density at radius 3 is 2.33 bits per heavy atom. The Labute approximate surface area is 177 Å². The van der Waals surface area contributed by atoms with Gasteiger partial charge in [-0.15, -0.1) is 0 Å². The summed E-state index contributed by atoms with van der Waals surface area (Å²) >= 11 is 1.21. The van der Waals surface area contributed by atoms with Gasteiger partial charge < -0.3 is 15.8 Å². The third kappa shape index (κ3) is 3.82. The van der Waals surface area contributed by atoms with Crippen LogP contribution in [-0.2, 0) is 30.4 Å².